The van der Waals surface area contributed by atoms with E-state index in [9.17, 15) is 4.79 Å². The molecule has 1 unspecified atom stereocenters. The van der Waals surface area contributed by atoms with Gasteiger partial charge in [-0.2, -0.15) is 0 Å². The van der Waals surface area contributed by atoms with E-state index in [2.05, 4.69) is 29.2 Å². The van der Waals surface area contributed by atoms with Crippen LogP contribution in [-0.4, -0.2) is 16.5 Å². The second-order valence-electron chi connectivity index (χ2n) is 2.12. The van der Waals surface area contributed by atoms with Crippen molar-refractivity contribution >= 4 is 28.6 Å². The highest BCUT2D eigenvalue weighted by Crippen LogP contribution is 2.07. The highest BCUT2D eigenvalue weighted by atomic mass is 127. The van der Waals surface area contributed by atoms with Gasteiger partial charge in [0, 0.05) is 0 Å². The lowest BCUT2D eigenvalue weighted by Crippen LogP contribution is -2.16. The number of ether oxygens (including phenoxy) is 1. The van der Waals surface area contributed by atoms with Crippen LogP contribution in [0.25, 0.3) is 0 Å². The van der Waals surface area contributed by atoms with Crippen molar-refractivity contribution in [3.8, 4) is 0 Å². The Morgan fingerprint density at radius 3 is 2.91 bits per heavy atom. The third kappa shape index (κ3) is 5.24. The van der Waals surface area contributed by atoms with Gasteiger partial charge in [0.1, 0.15) is 3.92 Å². The average molecular weight is 268 g/mol. The zero-order valence-corrected chi connectivity index (χ0v) is 8.84. The van der Waals surface area contributed by atoms with Crippen LogP contribution in [0.2, 0.25) is 0 Å². The van der Waals surface area contributed by atoms with Crippen LogP contribution in [-0.2, 0) is 9.53 Å². The van der Waals surface area contributed by atoms with E-state index in [0.29, 0.717) is 6.61 Å². The number of hydrogen-bond donors (Lipinski definition) is 0. The molecule has 2 nitrogen and oxygen atoms in total. The zero-order chi connectivity index (χ0) is 8.69. The predicted molar refractivity (Wildman–Crippen MR) is 53.9 cm³/mol. The number of rotatable bonds is 5. The first-order valence-electron chi connectivity index (χ1n) is 3.64. The summed E-state index contributed by atoms with van der Waals surface area (Å²) in [6.07, 6.45) is 3.30. The largest absolute Gasteiger partial charge is 0.465 e. The molecule has 0 spiro atoms. The van der Waals surface area contributed by atoms with Crippen LogP contribution < -0.4 is 0 Å². The molecule has 11 heavy (non-hydrogen) atoms. The van der Waals surface area contributed by atoms with Gasteiger partial charge >= 0.3 is 5.97 Å². The molecule has 0 amide bonds. The molecule has 0 aromatic carbocycles. The quantitative estimate of drug-likeness (QED) is 0.251. The van der Waals surface area contributed by atoms with Crippen molar-refractivity contribution in [1.29, 1.82) is 0 Å². The summed E-state index contributed by atoms with van der Waals surface area (Å²) < 4.78 is 4.92. The number of alkyl halides is 1. The molecule has 0 saturated heterocycles. The Morgan fingerprint density at radius 2 is 2.45 bits per heavy atom. The topological polar surface area (TPSA) is 26.3 Å². The summed E-state index contributed by atoms with van der Waals surface area (Å²) in [5.41, 5.74) is 0. The highest BCUT2D eigenvalue weighted by molar-refractivity contribution is 14.1. The van der Waals surface area contributed by atoms with Gasteiger partial charge in [0.2, 0.25) is 0 Å². The Hall–Kier alpha value is -0.0600. The van der Waals surface area contributed by atoms with Crippen molar-refractivity contribution in [2.24, 2.45) is 0 Å². The standard InChI is InChI=1S/C8H13IO2/c1-3-5-6-11-8(10)7(9)4-2/h3,7H,1,4-6H2,2H3. The number of carbonyl (C=O) groups excluding carboxylic acids is 1. The molecule has 0 radical (unpaired) electrons. The lowest BCUT2D eigenvalue weighted by molar-refractivity contribution is -0.142. The van der Waals surface area contributed by atoms with Crippen molar-refractivity contribution in [3.63, 3.8) is 0 Å². The molecule has 0 fully saturated rings. The second-order valence-corrected chi connectivity index (χ2v) is 3.62. The van der Waals surface area contributed by atoms with Gasteiger partial charge in [-0.3, -0.25) is 4.79 Å². The Morgan fingerprint density at radius 1 is 1.82 bits per heavy atom. The van der Waals surface area contributed by atoms with E-state index >= 15 is 0 Å². The lowest BCUT2D eigenvalue weighted by Gasteiger charge is -2.05. The Labute approximate surface area is 81.1 Å². The first-order chi connectivity index (χ1) is 5.22. The molecule has 0 aromatic heterocycles. The molecule has 1 atom stereocenters. The second kappa shape index (κ2) is 6.64. The third-order valence-electron chi connectivity index (χ3n) is 1.18. The van der Waals surface area contributed by atoms with Gasteiger partial charge in [-0.1, -0.05) is 35.6 Å². The SMILES string of the molecule is C=CCCOC(=O)C(I)CC. The Bertz CT molecular complexity index is 134. The summed E-state index contributed by atoms with van der Waals surface area (Å²) in [5, 5.41) is 0. The summed E-state index contributed by atoms with van der Waals surface area (Å²) in [6.45, 7) is 5.95. The van der Waals surface area contributed by atoms with Crippen LogP contribution in [0.5, 0.6) is 0 Å². The molecule has 0 rings (SSSR count). The minimum absolute atomic E-state index is 0.00239. The van der Waals surface area contributed by atoms with Gasteiger partial charge in [0.25, 0.3) is 0 Å². The molecule has 0 aromatic rings. The molecule has 0 bridgehead atoms. The minimum Gasteiger partial charge on any atom is -0.465 e. The van der Waals surface area contributed by atoms with Gasteiger partial charge in [-0.05, 0) is 12.8 Å². The first kappa shape index (κ1) is 10.9. The highest BCUT2D eigenvalue weighted by Gasteiger charge is 2.12. The monoisotopic (exact) mass is 268 g/mol. The summed E-state index contributed by atoms with van der Waals surface area (Å²) >= 11 is 2.08. The summed E-state index contributed by atoms with van der Waals surface area (Å²) in [7, 11) is 0. The van der Waals surface area contributed by atoms with Crippen molar-refractivity contribution in [3.05, 3.63) is 12.7 Å². The molecule has 3 heteroatoms. The van der Waals surface area contributed by atoms with Gasteiger partial charge in [-0.15, -0.1) is 6.58 Å². The molecule has 0 aliphatic rings. The van der Waals surface area contributed by atoms with E-state index in [4.69, 9.17) is 4.74 Å². The fourth-order valence-corrected chi connectivity index (χ4v) is 0.680. The van der Waals surface area contributed by atoms with Gasteiger partial charge in [0.15, 0.2) is 0 Å². The molecule has 0 aliphatic heterocycles. The average Bonchev–Trinajstić information content (AvgIpc) is 2.03. The van der Waals surface area contributed by atoms with Crippen LogP contribution in [0.3, 0.4) is 0 Å². The fourth-order valence-electron chi connectivity index (χ4n) is 0.500. The van der Waals surface area contributed by atoms with Crippen LogP contribution in [0.4, 0.5) is 0 Å². The van der Waals surface area contributed by atoms with E-state index < -0.39 is 0 Å². The first-order valence-corrected chi connectivity index (χ1v) is 4.88. The number of halogens is 1. The molecule has 0 heterocycles. The normalized spacial score (nSPS) is 12.2. The van der Waals surface area contributed by atoms with Crippen LogP contribution in [0.1, 0.15) is 19.8 Å². The molecule has 0 aliphatic carbocycles. The van der Waals surface area contributed by atoms with E-state index in [1.165, 1.54) is 0 Å². The van der Waals surface area contributed by atoms with Crippen LogP contribution in [0.15, 0.2) is 12.7 Å². The zero-order valence-electron chi connectivity index (χ0n) is 6.68. The van der Waals surface area contributed by atoms with E-state index in [0.717, 1.165) is 12.8 Å². The summed E-state index contributed by atoms with van der Waals surface area (Å²) in [5.74, 6) is -0.116. The smallest absolute Gasteiger partial charge is 0.318 e. The molecule has 0 N–H and O–H groups in total. The van der Waals surface area contributed by atoms with Gasteiger partial charge < -0.3 is 4.74 Å². The number of hydrogen-bond acceptors (Lipinski definition) is 2. The van der Waals surface area contributed by atoms with Gasteiger partial charge in [0.05, 0.1) is 6.61 Å². The number of esters is 1. The molecule has 64 valence electrons. The maximum Gasteiger partial charge on any atom is 0.318 e. The van der Waals surface area contributed by atoms with Crippen molar-refractivity contribution in [2.45, 2.75) is 23.7 Å². The molecular formula is C8H13IO2. The number of carbonyl (C=O) groups is 1. The van der Waals surface area contributed by atoms with E-state index in [1.807, 2.05) is 6.92 Å². The maximum atomic E-state index is 11.0. The summed E-state index contributed by atoms with van der Waals surface area (Å²) in [6, 6.07) is 0. The van der Waals surface area contributed by atoms with Crippen LogP contribution in [0, 0.1) is 0 Å². The Balaban J connectivity index is 3.43. The summed E-state index contributed by atoms with van der Waals surface area (Å²) in [4.78, 5) is 11.0. The molecular weight excluding hydrogens is 255 g/mol. The lowest BCUT2D eigenvalue weighted by atomic mass is 10.3. The predicted octanol–water partition coefficient (Wildman–Crippen LogP) is 2.32. The molecule has 0 saturated carbocycles. The maximum absolute atomic E-state index is 11.0. The Kier molecular flexibility index (Phi) is 6.60. The minimum atomic E-state index is -0.116. The van der Waals surface area contributed by atoms with E-state index in [-0.39, 0.29) is 9.89 Å². The third-order valence-corrected chi connectivity index (χ3v) is 2.57. The van der Waals surface area contributed by atoms with E-state index in [1.54, 1.807) is 6.08 Å². The van der Waals surface area contributed by atoms with Crippen molar-refractivity contribution < 1.29 is 9.53 Å². The fraction of sp³-hybridized carbons (Fsp3) is 0.625. The van der Waals surface area contributed by atoms with Gasteiger partial charge in [-0.25, -0.2) is 0 Å². The van der Waals surface area contributed by atoms with Crippen molar-refractivity contribution in [2.75, 3.05) is 6.61 Å². The van der Waals surface area contributed by atoms with Crippen molar-refractivity contribution in [1.82, 2.24) is 0 Å². The van der Waals surface area contributed by atoms with Crippen LogP contribution >= 0.6 is 22.6 Å².